The molecule has 2 aromatic rings. The first-order valence-electron chi connectivity index (χ1n) is 6.00. The molecule has 0 saturated carbocycles. The molecule has 0 saturated heterocycles. The minimum absolute atomic E-state index is 0.226. The van der Waals surface area contributed by atoms with Crippen molar-refractivity contribution in [3.05, 3.63) is 52.6 Å². The quantitative estimate of drug-likeness (QED) is 0.529. The minimum Gasteiger partial charge on any atom is -0.398 e. The second-order valence-corrected chi connectivity index (χ2v) is 5.38. The fourth-order valence-corrected chi connectivity index (χ4v) is 3.06. The summed E-state index contributed by atoms with van der Waals surface area (Å²) in [5.41, 5.74) is 13.9. The van der Waals surface area contributed by atoms with Gasteiger partial charge in [0.25, 0.3) is 0 Å². The zero-order valence-electron chi connectivity index (χ0n) is 10.8. The summed E-state index contributed by atoms with van der Waals surface area (Å²) in [6, 6.07) is 8.38. The summed E-state index contributed by atoms with van der Waals surface area (Å²) in [6.45, 7) is 0. The van der Waals surface area contributed by atoms with Crippen LogP contribution in [0.2, 0.25) is 0 Å². The molecule has 1 aliphatic carbocycles. The molecule has 0 fully saturated rings. The van der Waals surface area contributed by atoms with E-state index in [1.54, 1.807) is 30.3 Å². The van der Waals surface area contributed by atoms with E-state index in [1.165, 1.54) is 11.8 Å². The highest BCUT2D eigenvalue weighted by atomic mass is 32.2. The molecular formula is C15H12N2O2S. The van der Waals surface area contributed by atoms with E-state index in [4.69, 9.17) is 11.5 Å². The zero-order chi connectivity index (χ0) is 14.4. The summed E-state index contributed by atoms with van der Waals surface area (Å²) in [5.74, 6) is -0.484. The maximum Gasteiger partial charge on any atom is 0.196 e. The van der Waals surface area contributed by atoms with Gasteiger partial charge in [-0.15, -0.1) is 11.8 Å². The fourth-order valence-electron chi connectivity index (χ4n) is 2.49. The molecule has 0 aliphatic heterocycles. The van der Waals surface area contributed by atoms with Crippen molar-refractivity contribution in [2.45, 2.75) is 4.90 Å². The van der Waals surface area contributed by atoms with Crippen LogP contribution in [0.4, 0.5) is 11.4 Å². The summed E-state index contributed by atoms with van der Waals surface area (Å²) in [7, 11) is 0. The molecule has 0 atom stereocenters. The lowest BCUT2D eigenvalue weighted by Crippen LogP contribution is -2.24. The Kier molecular flexibility index (Phi) is 2.79. The first-order chi connectivity index (χ1) is 9.56. The molecule has 100 valence electrons. The largest absolute Gasteiger partial charge is 0.398 e. The lowest BCUT2D eigenvalue weighted by molar-refractivity contribution is 0.0980. The van der Waals surface area contributed by atoms with Crippen LogP contribution in [0.3, 0.4) is 0 Å². The van der Waals surface area contributed by atoms with Crippen LogP contribution in [0, 0.1) is 0 Å². The number of rotatable bonds is 1. The minimum atomic E-state index is -0.243. The van der Waals surface area contributed by atoms with E-state index in [0.717, 1.165) is 0 Å². The summed E-state index contributed by atoms with van der Waals surface area (Å²) in [5, 5.41) is 0. The maximum atomic E-state index is 12.6. The topological polar surface area (TPSA) is 86.2 Å². The number of ketones is 2. The van der Waals surface area contributed by atoms with Crippen molar-refractivity contribution in [3.63, 3.8) is 0 Å². The molecule has 0 spiro atoms. The van der Waals surface area contributed by atoms with Crippen molar-refractivity contribution < 1.29 is 9.59 Å². The Morgan fingerprint density at radius 3 is 2.05 bits per heavy atom. The molecule has 5 heteroatoms. The molecule has 0 amide bonds. The SMILES string of the molecule is CSc1cc(N)c2c(c1N)C(=O)c1ccccc1C2=O. The van der Waals surface area contributed by atoms with Crippen LogP contribution in [0.25, 0.3) is 0 Å². The van der Waals surface area contributed by atoms with Gasteiger partial charge in [0.05, 0.1) is 16.8 Å². The third kappa shape index (κ3) is 1.56. The van der Waals surface area contributed by atoms with Gasteiger partial charge in [0.15, 0.2) is 11.6 Å². The average molecular weight is 284 g/mol. The highest BCUT2D eigenvalue weighted by Gasteiger charge is 2.33. The highest BCUT2D eigenvalue weighted by Crippen LogP contribution is 2.38. The summed E-state index contributed by atoms with van der Waals surface area (Å²) in [4.78, 5) is 25.8. The second kappa shape index (κ2) is 4.38. The molecule has 4 N–H and O–H groups in total. The van der Waals surface area contributed by atoms with Crippen LogP contribution in [0.5, 0.6) is 0 Å². The van der Waals surface area contributed by atoms with Gasteiger partial charge in [-0.2, -0.15) is 0 Å². The number of hydrogen-bond acceptors (Lipinski definition) is 5. The molecule has 0 heterocycles. The Morgan fingerprint density at radius 2 is 1.50 bits per heavy atom. The number of nitrogen functional groups attached to an aromatic ring is 2. The summed E-state index contributed by atoms with van der Waals surface area (Å²) in [6.07, 6.45) is 1.85. The summed E-state index contributed by atoms with van der Waals surface area (Å²) >= 11 is 1.40. The monoisotopic (exact) mass is 284 g/mol. The number of carbonyl (C=O) groups excluding carboxylic acids is 2. The third-order valence-electron chi connectivity index (χ3n) is 3.45. The van der Waals surface area contributed by atoms with Crippen LogP contribution >= 0.6 is 11.8 Å². The van der Waals surface area contributed by atoms with Crippen LogP contribution in [0.15, 0.2) is 35.2 Å². The lowest BCUT2D eigenvalue weighted by atomic mass is 9.82. The molecule has 0 radical (unpaired) electrons. The standard InChI is InChI=1S/C15H12N2O2S/c1-20-10-6-9(16)11-12(13(10)17)15(19)8-5-3-2-4-7(8)14(11)18/h2-6H,16-17H2,1H3. The normalized spacial score (nSPS) is 13.1. The molecule has 20 heavy (non-hydrogen) atoms. The Morgan fingerprint density at radius 1 is 0.950 bits per heavy atom. The number of anilines is 2. The third-order valence-corrected chi connectivity index (χ3v) is 4.23. The van der Waals surface area contributed by atoms with Crippen molar-refractivity contribution >= 4 is 34.7 Å². The van der Waals surface area contributed by atoms with Gasteiger partial charge in [-0.1, -0.05) is 24.3 Å². The smallest absolute Gasteiger partial charge is 0.196 e. The predicted molar refractivity (Wildman–Crippen MR) is 80.4 cm³/mol. The molecule has 0 aromatic heterocycles. The average Bonchev–Trinajstić information content (AvgIpc) is 2.46. The molecule has 0 unspecified atom stereocenters. The Bertz CT molecular complexity index is 769. The van der Waals surface area contributed by atoms with Gasteiger partial charge in [-0.25, -0.2) is 0 Å². The van der Waals surface area contributed by atoms with E-state index in [9.17, 15) is 9.59 Å². The van der Waals surface area contributed by atoms with E-state index in [2.05, 4.69) is 0 Å². The molecule has 0 bridgehead atoms. The van der Waals surface area contributed by atoms with E-state index >= 15 is 0 Å². The summed E-state index contributed by atoms with van der Waals surface area (Å²) < 4.78 is 0. The molecule has 1 aliphatic rings. The Balaban J connectivity index is 2.39. The lowest BCUT2D eigenvalue weighted by Gasteiger charge is -2.21. The second-order valence-electron chi connectivity index (χ2n) is 4.54. The van der Waals surface area contributed by atoms with Crippen molar-refractivity contribution in [3.8, 4) is 0 Å². The highest BCUT2D eigenvalue weighted by molar-refractivity contribution is 7.98. The molecule has 3 rings (SSSR count). The number of thioether (sulfide) groups is 1. The van der Waals surface area contributed by atoms with Gasteiger partial charge >= 0.3 is 0 Å². The fraction of sp³-hybridized carbons (Fsp3) is 0.0667. The van der Waals surface area contributed by atoms with Gasteiger partial charge in [0.1, 0.15) is 0 Å². The maximum absolute atomic E-state index is 12.6. The van der Waals surface area contributed by atoms with E-state index in [1.807, 2.05) is 6.26 Å². The molecular weight excluding hydrogens is 272 g/mol. The van der Waals surface area contributed by atoms with Gasteiger partial charge in [0.2, 0.25) is 0 Å². The van der Waals surface area contributed by atoms with Gasteiger partial charge in [-0.3, -0.25) is 9.59 Å². The van der Waals surface area contributed by atoms with Crippen LogP contribution in [0.1, 0.15) is 31.8 Å². The number of nitrogens with two attached hydrogens (primary N) is 2. The van der Waals surface area contributed by atoms with Gasteiger partial charge in [-0.05, 0) is 12.3 Å². The number of hydrogen-bond donors (Lipinski definition) is 2. The number of benzene rings is 2. The number of fused-ring (bicyclic) bond motifs is 2. The van der Waals surface area contributed by atoms with E-state index in [-0.39, 0.29) is 22.7 Å². The van der Waals surface area contributed by atoms with Crippen molar-refractivity contribution in [1.82, 2.24) is 0 Å². The zero-order valence-corrected chi connectivity index (χ0v) is 11.6. The van der Waals surface area contributed by atoms with Crippen molar-refractivity contribution in [2.75, 3.05) is 17.7 Å². The van der Waals surface area contributed by atoms with Gasteiger partial charge in [0, 0.05) is 21.7 Å². The van der Waals surface area contributed by atoms with E-state index < -0.39 is 0 Å². The van der Waals surface area contributed by atoms with Crippen molar-refractivity contribution in [1.29, 1.82) is 0 Å². The number of carbonyl (C=O) groups is 2. The van der Waals surface area contributed by atoms with Gasteiger partial charge < -0.3 is 11.5 Å². The Hall–Kier alpha value is -2.27. The molecule has 4 nitrogen and oxygen atoms in total. The first-order valence-corrected chi connectivity index (χ1v) is 7.23. The van der Waals surface area contributed by atoms with E-state index in [0.29, 0.717) is 27.4 Å². The van der Waals surface area contributed by atoms with Crippen molar-refractivity contribution in [2.24, 2.45) is 0 Å². The first kappa shape index (κ1) is 12.7. The van der Waals surface area contributed by atoms with Crippen LogP contribution < -0.4 is 11.5 Å². The van der Waals surface area contributed by atoms with Crippen LogP contribution in [-0.4, -0.2) is 17.8 Å². The van der Waals surface area contributed by atoms with Crippen LogP contribution in [-0.2, 0) is 0 Å². The Labute approximate surface area is 120 Å². The molecule has 2 aromatic carbocycles. The predicted octanol–water partition coefficient (Wildman–Crippen LogP) is 2.35.